The molecule has 1 heterocycles. The monoisotopic (exact) mass is 262 g/mol. The normalized spacial score (nSPS) is 21.3. The van der Waals surface area contributed by atoms with E-state index in [2.05, 4.69) is 12.5 Å². The van der Waals surface area contributed by atoms with Crippen LogP contribution in [0, 0.1) is 18.3 Å². The van der Waals surface area contributed by atoms with Crippen LogP contribution in [0.25, 0.3) is 0 Å². The molecule has 1 rings (SSSR count). The van der Waals surface area contributed by atoms with Crippen molar-refractivity contribution in [3.63, 3.8) is 0 Å². The van der Waals surface area contributed by atoms with Crippen molar-refractivity contribution in [2.24, 2.45) is 5.92 Å². The van der Waals surface area contributed by atoms with Crippen LogP contribution in [0.3, 0.4) is 0 Å². The molecular weight excluding hydrogens is 236 g/mol. The molecule has 1 aliphatic rings. The summed E-state index contributed by atoms with van der Waals surface area (Å²) >= 11 is 0. The van der Waals surface area contributed by atoms with Crippen molar-refractivity contribution in [2.75, 3.05) is 0 Å². The average molecular weight is 262 g/mol. The average Bonchev–Trinajstić information content (AvgIpc) is 2.41. The molecule has 0 radical (unpaired) electrons. The number of carbonyl (C=O) groups excluding carboxylic acids is 1. The zero-order valence-electron chi connectivity index (χ0n) is 11.9. The third-order valence-electron chi connectivity index (χ3n) is 3.75. The summed E-state index contributed by atoms with van der Waals surface area (Å²) in [6.45, 7) is 3.72. The van der Waals surface area contributed by atoms with E-state index in [1.54, 1.807) is 0 Å². The molecule has 0 aromatic rings. The molecule has 0 spiro atoms. The maximum absolute atomic E-state index is 11.4. The molecule has 106 valence electrons. The highest BCUT2D eigenvalue weighted by Gasteiger charge is 2.40. The zero-order chi connectivity index (χ0) is 13.9. The highest BCUT2D eigenvalue weighted by molar-refractivity contribution is 5.78. The summed E-state index contributed by atoms with van der Waals surface area (Å²) < 4.78 is 5.19. The molecule has 2 heteroatoms. The number of carbonyl (C=O) groups is 1. The van der Waals surface area contributed by atoms with E-state index in [0.717, 1.165) is 38.5 Å². The number of hydrogen-bond donors (Lipinski definition) is 0. The summed E-state index contributed by atoms with van der Waals surface area (Å²) in [5.74, 6) is 2.77. The van der Waals surface area contributed by atoms with Gasteiger partial charge in [-0.25, -0.2) is 0 Å². The quantitative estimate of drug-likeness (QED) is 0.241. The van der Waals surface area contributed by atoms with E-state index in [9.17, 15) is 4.79 Å². The fourth-order valence-corrected chi connectivity index (χ4v) is 2.55. The van der Waals surface area contributed by atoms with Crippen LogP contribution < -0.4 is 0 Å². The van der Waals surface area contributed by atoms with Gasteiger partial charge in [-0.05, 0) is 32.1 Å². The van der Waals surface area contributed by atoms with E-state index in [1.165, 1.54) is 25.7 Å². The highest BCUT2D eigenvalue weighted by atomic mass is 16.6. The Labute approximate surface area is 117 Å². The number of terminal acetylenes is 1. The lowest BCUT2D eigenvalue weighted by atomic mass is 9.87. The van der Waals surface area contributed by atoms with Crippen LogP contribution in [0.1, 0.15) is 64.2 Å². The first-order valence-electron chi connectivity index (χ1n) is 7.54. The minimum atomic E-state index is -0.00244. The van der Waals surface area contributed by atoms with Gasteiger partial charge in [0, 0.05) is 6.42 Å². The lowest BCUT2D eigenvalue weighted by Gasteiger charge is -2.35. The number of esters is 1. The first kappa shape index (κ1) is 15.8. The topological polar surface area (TPSA) is 26.3 Å². The minimum Gasteiger partial charge on any atom is -0.461 e. The molecule has 0 N–H and O–H groups in total. The van der Waals surface area contributed by atoms with E-state index in [0.29, 0.717) is 0 Å². The standard InChI is InChI=1S/C17H26O2/c1-3-5-7-8-9-10-12-13-15-16(19-17(15)18)14-11-6-4-2/h2-3,15-16H,1,5-14H2. The number of ether oxygens (including phenoxy) is 1. The van der Waals surface area contributed by atoms with Gasteiger partial charge in [-0.3, -0.25) is 4.79 Å². The Bertz CT molecular complexity index is 314. The van der Waals surface area contributed by atoms with E-state index in [-0.39, 0.29) is 18.0 Å². The van der Waals surface area contributed by atoms with Gasteiger partial charge in [0.05, 0.1) is 5.92 Å². The fraction of sp³-hybridized carbons (Fsp3) is 0.706. The van der Waals surface area contributed by atoms with Crippen LogP contribution >= 0.6 is 0 Å². The van der Waals surface area contributed by atoms with Gasteiger partial charge in [0.1, 0.15) is 6.10 Å². The molecular formula is C17H26O2. The van der Waals surface area contributed by atoms with Crippen LogP contribution in [0.4, 0.5) is 0 Å². The second-order valence-corrected chi connectivity index (χ2v) is 5.31. The third kappa shape index (κ3) is 5.96. The summed E-state index contributed by atoms with van der Waals surface area (Å²) in [5, 5.41) is 0. The molecule has 19 heavy (non-hydrogen) atoms. The number of cyclic esters (lactones) is 1. The molecule has 0 bridgehead atoms. The summed E-state index contributed by atoms with van der Waals surface area (Å²) in [6.07, 6.45) is 18.2. The van der Waals surface area contributed by atoms with Crippen molar-refractivity contribution in [3.8, 4) is 12.3 Å². The van der Waals surface area contributed by atoms with Crippen molar-refractivity contribution in [1.82, 2.24) is 0 Å². The van der Waals surface area contributed by atoms with Crippen molar-refractivity contribution in [2.45, 2.75) is 70.3 Å². The molecule has 0 amide bonds. The number of unbranched alkanes of at least 4 members (excludes halogenated alkanes) is 6. The number of allylic oxidation sites excluding steroid dienone is 1. The van der Waals surface area contributed by atoms with Gasteiger partial charge in [-0.2, -0.15) is 0 Å². The lowest BCUT2D eigenvalue weighted by Crippen LogP contribution is -2.44. The Balaban J connectivity index is 2.02. The van der Waals surface area contributed by atoms with Gasteiger partial charge < -0.3 is 4.74 Å². The molecule has 2 atom stereocenters. The second-order valence-electron chi connectivity index (χ2n) is 5.31. The van der Waals surface area contributed by atoms with E-state index < -0.39 is 0 Å². The van der Waals surface area contributed by atoms with Crippen molar-refractivity contribution >= 4 is 5.97 Å². The molecule has 2 unspecified atom stereocenters. The van der Waals surface area contributed by atoms with Crippen LogP contribution in [0.15, 0.2) is 12.7 Å². The smallest absolute Gasteiger partial charge is 0.313 e. The van der Waals surface area contributed by atoms with Gasteiger partial charge in [-0.15, -0.1) is 18.9 Å². The highest BCUT2D eigenvalue weighted by Crippen LogP contribution is 2.31. The van der Waals surface area contributed by atoms with E-state index in [4.69, 9.17) is 11.2 Å². The molecule has 1 fully saturated rings. The van der Waals surface area contributed by atoms with Crippen molar-refractivity contribution in [3.05, 3.63) is 12.7 Å². The summed E-state index contributed by atoms with van der Waals surface area (Å²) in [7, 11) is 0. The first-order valence-corrected chi connectivity index (χ1v) is 7.54. The molecule has 0 aromatic heterocycles. The lowest BCUT2D eigenvalue weighted by molar-refractivity contribution is -0.186. The predicted molar refractivity (Wildman–Crippen MR) is 78.6 cm³/mol. The Morgan fingerprint density at radius 2 is 1.89 bits per heavy atom. The third-order valence-corrected chi connectivity index (χ3v) is 3.75. The van der Waals surface area contributed by atoms with Gasteiger partial charge >= 0.3 is 5.97 Å². The fourth-order valence-electron chi connectivity index (χ4n) is 2.55. The zero-order valence-corrected chi connectivity index (χ0v) is 11.9. The summed E-state index contributed by atoms with van der Waals surface area (Å²) in [4.78, 5) is 11.4. The largest absolute Gasteiger partial charge is 0.461 e. The SMILES string of the molecule is C#CCCCC1OC(=O)C1CCCCCCCC=C. The molecule has 1 saturated heterocycles. The van der Waals surface area contributed by atoms with Gasteiger partial charge in [0.15, 0.2) is 0 Å². The summed E-state index contributed by atoms with van der Waals surface area (Å²) in [6, 6.07) is 0. The van der Waals surface area contributed by atoms with Gasteiger partial charge in [0.25, 0.3) is 0 Å². The molecule has 2 nitrogen and oxygen atoms in total. The van der Waals surface area contributed by atoms with Crippen LogP contribution in [-0.2, 0) is 9.53 Å². The van der Waals surface area contributed by atoms with E-state index in [1.807, 2.05) is 6.08 Å². The maximum atomic E-state index is 11.4. The van der Waals surface area contributed by atoms with Crippen molar-refractivity contribution < 1.29 is 9.53 Å². The molecule has 1 aliphatic heterocycles. The number of rotatable bonds is 11. The maximum Gasteiger partial charge on any atom is 0.313 e. The second kappa shape index (κ2) is 9.67. The number of hydrogen-bond acceptors (Lipinski definition) is 2. The van der Waals surface area contributed by atoms with Crippen LogP contribution in [0.2, 0.25) is 0 Å². The Kier molecular flexibility index (Phi) is 8.05. The Hall–Kier alpha value is -1.23. The van der Waals surface area contributed by atoms with E-state index >= 15 is 0 Å². The molecule has 0 aromatic carbocycles. The van der Waals surface area contributed by atoms with Crippen LogP contribution in [0.5, 0.6) is 0 Å². The summed E-state index contributed by atoms with van der Waals surface area (Å²) in [5.41, 5.74) is 0. The predicted octanol–water partition coefficient (Wildman–Crippen LogP) is 4.25. The Morgan fingerprint density at radius 1 is 1.16 bits per heavy atom. The Morgan fingerprint density at radius 3 is 2.58 bits per heavy atom. The van der Waals surface area contributed by atoms with Crippen LogP contribution in [-0.4, -0.2) is 12.1 Å². The van der Waals surface area contributed by atoms with Crippen molar-refractivity contribution in [1.29, 1.82) is 0 Å². The van der Waals surface area contributed by atoms with Gasteiger partial charge in [0.2, 0.25) is 0 Å². The van der Waals surface area contributed by atoms with Gasteiger partial charge in [-0.1, -0.05) is 31.8 Å². The first-order chi connectivity index (χ1) is 9.29. The molecule has 0 saturated carbocycles. The minimum absolute atomic E-state index is 0.00244. The molecule has 0 aliphatic carbocycles.